The van der Waals surface area contributed by atoms with E-state index in [9.17, 15) is 4.79 Å². The number of aryl methyl sites for hydroxylation is 1. The molecule has 0 saturated carbocycles. The van der Waals surface area contributed by atoms with Crippen LogP contribution in [0.25, 0.3) is 0 Å². The highest BCUT2D eigenvalue weighted by molar-refractivity contribution is 8.00. The molecule has 3 rings (SSSR count). The van der Waals surface area contributed by atoms with Crippen LogP contribution in [0.15, 0.2) is 47.8 Å². The van der Waals surface area contributed by atoms with Crippen LogP contribution in [0.1, 0.15) is 18.2 Å². The highest BCUT2D eigenvalue weighted by Gasteiger charge is 2.26. The lowest BCUT2D eigenvalue weighted by atomic mass is 10.2. The second kappa shape index (κ2) is 8.45. The van der Waals surface area contributed by atoms with Crippen molar-refractivity contribution < 1.29 is 4.79 Å². The van der Waals surface area contributed by atoms with E-state index in [-0.39, 0.29) is 11.2 Å². The normalized spacial score (nSPS) is 16.6. The van der Waals surface area contributed by atoms with Gasteiger partial charge in [0.25, 0.3) is 0 Å². The minimum atomic E-state index is -0.112. The molecule has 3 heterocycles. The Morgan fingerprint density at radius 1 is 1.12 bits per heavy atom. The summed E-state index contributed by atoms with van der Waals surface area (Å²) in [5, 5.41) is 0.784. The Morgan fingerprint density at radius 2 is 1.88 bits per heavy atom. The monoisotopic (exact) mass is 356 g/mol. The van der Waals surface area contributed by atoms with Crippen LogP contribution in [0.2, 0.25) is 0 Å². The topological polar surface area (TPSA) is 49.3 Å². The molecule has 1 atom stereocenters. The zero-order valence-electron chi connectivity index (χ0n) is 14.8. The number of amides is 1. The van der Waals surface area contributed by atoms with Crippen LogP contribution in [-0.2, 0) is 11.3 Å². The summed E-state index contributed by atoms with van der Waals surface area (Å²) in [6.07, 6.45) is 3.61. The summed E-state index contributed by atoms with van der Waals surface area (Å²) in [7, 11) is 0. The van der Waals surface area contributed by atoms with Crippen molar-refractivity contribution in [1.29, 1.82) is 0 Å². The minimum Gasteiger partial charge on any atom is -0.339 e. The van der Waals surface area contributed by atoms with Crippen LogP contribution < -0.4 is 0 Å². The van der Waals surface area contributed by atoms with Gasteiger partial charge in [0, 0.05) is 45.1 Å². The number of hydrogen-bond acceptors (Lipinski definition) is 5. The number of hydrogen-bond donors (Lipinski definition) is 0. The molecule has 132 valence electrons. The zero-order chi connectivity index (χ0) is 17.6. The van der Waals surface area contributed by atoms with Gasteiger partial charge in [-0.1, -0.05) is 23.9 Å². The molecule has 1 fully saturated rings. The second-order valence-corrected chi connectivity index (χ2v) is 7.66. The zero-order valence-corrected chi connectivity index (χ0v) is 15.6. The summed E-state index contributed by atoms with van der Waals surface area (Å²) >= 11 is 1.52. The summed E-state index contributed by atoms with van der Waals surface area (Å²) in [5.41, 5.74) is 2.35. The van der Waals surface area contributed by atoms with Gasteiger partial charge in [-0.2, -0.15) is 0 Å². The van der Waals surface area contributed by atoms with Gasteiger partial charge in [0.2, 0.25) is 5.91 Å². The summed E-state index contributed by atoms with van der Waals surface area (Å²) in [6, 6.07) is 9.85. The lowest BCUT2D eigenvalue weighted by Gasteiger charge is -2.35. The molecule has 1 aliphatic heterocycles. The Labute approximate surface area is 153 Å². The third-order valence-electron chi connectivity index (χ3n) is 4.46. The molecule has 0 spiro atoms. The standard InChI is InChI=1S/C19H24N4OS/c1-15-6-5-9-20-17(15)14-22-10-12-23(13-11-22)19(24)16(2)25-18-7-3-4-8-21-18/h3-9,16H,10-14H2,1-2H3/t16-/m0/s1. The molecule has 0 N–H and O–H groups in total. The molecule has 25 heavy (non-hydrogen) atoms. The number of rotatable bonds is 5. The fraction of sp³-hybridized carbons (Fsp3) is 0.421. The van der Waals surface area contributed by atoms with Gasteiger partial charge in [0.1, 0.15) is 0 Å². The fourth-order valence-corrected chi connectivity index (χ4v) is 3.82. The van der Waals surface area contributed by atoms with Gasteiger partial charge in [-0.3, -0.25) is 14.7 Å². The fourth-order valence-electron chi connectivity index (χ4n) is 2.93. The van der Waals surface area contributed by atoms with Crippen LogP contribution >= 0.6 is 11.8 Å². The van der Waals surface area contributed by atoms with E-state index in [1.165, 1.54) is 17.3 Å². The smallest absolute Gasteiger partial charge is 0.235 e. The molecule has 0 aromatic carbocycles. The Kier molecular flexibility index (Phi) is 6.04. The predicted octanol–water partition coefficient (Wildman–Crippen LogP) is 2.61. The highest BCUT2D eigenvalue weighted by atomic mass is 32.2. The first-order valence-electron chi connectivity index (χ1n) is 8.63. The van der Waals surface area contributed by atoms with Gasteiger partial charge >= 0.3 is 0 Å². The molecular weight excluding hydrogens is 332 g/mol. The third kappa shape index (κ3) is 4.80. The van der Waals surface area contributed by atoms with E-state index in [4.69, 9.17) is 0 Å². The van der Waals surface area contributed by atoms with Crippen molar-refractivity contribution in [3.8, 4) is 0 Å². The molecule has 5 nitrogen and oxygen atoms in total. The largest absolute Gasteiger partial charge is 0.339 e. The maximum atomic E-state index is 12.7. The summed E-state index contributed by atoms with van der Waals surface area (Å²) < 4.78 is 0. The summed E-state index contributed by atoms with van der Waals surface area (Å²) in [4.78, 5) is 25.8. The second-order valence-electron chi connectivity index (χ2n) is 6.30. The van der Waals surface area contributed by atoms with E-state index >= 15 is 0 Å². The van der Waals surface area contributed by atoms with Gasteiger partial charge in [0.15, 0.2) is 0 Å². The Bertz CT molecular complexity index is 702. The molecule has 6 heteroatoms. The SMILES string of the molecule is Cc1cccnc1CN1CCN(C(=O)[C@H](C)Sc2ccccn2)CC1. The number of aromatic nitrogens is 2. The first kappa shape index (κ1) is 17.9. The van der Waals surface area contributed by atoms with Crippen molar-refractivity contribution in [2.24, 2.45) is 0 Å². The maximum Gasteiger partial charge on any atom is 0.235 e. The van der Waals surface area contributed by atoms with Gasteiger partial charge in [-0.25, -0.2) is 4.98 Å². The molecule has 1 amide bonds. The number of piperazine rings is 1. The van der Waals surface area contributed by atoms with Crippen molar-refractivity contribution in [3.63, 3.8) is 0 Å². The van der Waals surface area contributed by atoms with Gasteiger partial charge in [-0.15, -0.1) is 0 Å². The van der Waals surface area contributed by atoms with Crippen molar-refractivity contribution in [2.45, 2.75) is 30.7 Å². The lowest BCUT2D eigenvalue weighted by molar-refractivity contribution is -0.132. The first-order chi connectivity index (χ1) is 12.1. The van der Waals surface area contributed by atoms with Crippen molar-refractivity contribution in [3.05, 3.63) is 54.0 Å². The first-order valence-corrected chi connectivity index (χ1v) is 9.51. The van der Waals surface area contributed by atoms with E-state index in [0.29, 0.717) is 0 Å². The van der Waals surface area contributed by atoms with E-state index in [0.717, 1.165) is 43.4 Å². The summed E-state index contributed by atoms with van der Waals surface area (Å²) in [5.74, 6) is 0.198. The maximum absolute atomic E-state index is 12.7. The van der Waals surface area contributed by atoms with Gasteiger partial charge in [0.05, 0.1) is 16.0 Å². The number of carbonyl (C=O) groups excluding carboxylic acids is 1. The van der Waals surface area contributed by atoms with Crippen molar-refractivity contribution >= 4 is 17.7 Å². The molecule has 2 aromatic rings. The minimum absolute atomic E-state index is 0.112. The Balaban J connectivity index is 1.50. The van der Waals surface area contributed by atoms with Crippen LogP contribution in [0.4, 0.5) is 0 Å². The molecule has 0 unspecified atom stereocenters. The lowest BCUT2D eigenvalue weighted by Crippen LogP contribution is -2.50. The average molecular weight is 356 g/mol. The van der Waals surface area contributed by atoms with Crippen molar-refractivity contribution in [2.75, 3.05) is 26.2 Å². The van der Waals surface area contributed by atoms with E-state index in [2.05, 4.69) is 27.9 Å². The van der Waals surface area contributed by atoms with Crippen LogP contribution in [0.3, 0.4) is 0 Å². The highest BCUT2D eigenvalue weighted by Crippen LogP contribution is 2.22. The number of nitrogens with zero attached hydrogens (tertiary/aromatic N) is 4. The number of pyridine rings is 2. The quantitative estimate of drug-likeness (QED) is 0.771. The third-order valence-corrected chi connectivity index (χ3v) is 5.50. The average Bonchev–Trinajstić information content (AvgIpc) is 2.64. The van der Waals surface area contributed by atoms with Crippen LogP contribution in [0.5, 0.6) is 0 Å². The Hall–Kier alpha value is -1.92. The van der Waals surface area contributed by atoms with Gasteiger partial charge < -0.3 is 4.90 Å². The number of thioether (sulfide) groups is 1. The molecular formula is C19H24N4OS. The molecule has 0 radical (unpaired) electrons. The van der Waals surface area contributed by atoms with Gasteiger partial charge in [-0.05, 0) is 37.6 Å². The number of carbonyl (C=O) groups is 1. The Morgan fingerprint density at radius 3 is 2.56 bits per heavy atom. The summed E-state index contributed by atoms with van der Waals surface area (Å²) in [6.45, 7) is 8.25. The van der Waals surface area contributed by atoms with E-state index in [1.807, 2.05) is 42.3 Å². The van der Waals surface area contributed by atoms with Crippen LogP contribution in [-0.4, -0.2) is 57.1 Å². The molecule has 1 saturated heterocycles. The van der Waals surface area contributed by atoms with E-state index in [1.54, 1.807) is 6.20 Å². The predicted molar refractivity (Wildman–Crippen MR) is 100 cm³/mol. The van der Waals surface area contributed by atoms with Crippen molar-refractivity contribution in [1.82, 2.24) is 19.8 Å². The molecule has 1 aliphatic rings. The van der Waals surface area contributed by atoms with Crippen LogP contribution in [0, 0.1) is 6.92 Å². The molecule has 0 aliphatic carbocycles. The molecule has 2 aromatic heterocycles. The molecule has 0 bridgehead atoms. The van der Waals surface area contributed by atoms with E-state index < -0.39 is 0 Å².